The third-order valence-electron chi connectivity index (χ3n) is 3.65. The van der Waals surface area contributed by atoms with Crippen LogP contribution in [0.5, 0.6) is 5.75 Å². The Morgan fingerprint density at radius 2 is 1.92 bits per heavy atom. The van der Waals surface area contributed by atoms with Crippen molar-refractivity contribution in [3.05, 3.63) is 87.1 Å². The van der Waals surface area contributed by atoms with Crippen molar-refractivity contribution < 1.29 is 13.5 Å². The molecule has 0 aliphatic rings. The highest BCUT2D eigenvalue weighted by Gasteiger charge is 2.13. The Hall–Kier alpha value is -3.22. The van der Waals surface area contributed by atoms with Gasteiger partial charge in [0, 0.05) is 6.07 Å². The number of H-pyrrole nitrogens is 1. The monoisotopic (exact) mass is 344 g/mol. The van der Waals surface area contributed by atoms with E-state index in [1.54, 1.807) is 30.3 Å². The number of nitrogens with one attached hydrogen (secondary N) is 1. The summed E-state index contributed by atoms with van der Waals surface area (Å²) in [5, 5.41) is -0.0995. The third-order valence-corrected chi connectivity index (χ3v) is 3.65. The van der Waals surface area contributed by atoms with Crippen molar-refractivity contribution in [2.75, 3.05) is 6.61 Å². The van der Waals surface area contributed by atoms with Gasteiger partial charge in [-0.05, 0) is 23.8 Å². The topological polar surface area (TPSA) is 64.1 Å². The van der Waals surface area contributed by atoms with Gasteiger partial charge in [0.25, 0.3) is 5.56 Å². The standard InChI is InChI=1S/C18H14F2N2O3/c1-2-6-25-12-5-3-4-11(7-12)10-22-16-9-15(20)14(19)8-13(16)17(23)21-18(22)24/h2-5,7-9H,1,6,10H2,(H,21,23,24). The van der Waals surface area contributed by atoms with E-state index in [4.69, 9.17) is 4.74 Å². The number of nitrogens with zero attached hydrogens (tertiary/aromatic N) is 1. The lowest BCUT2D eigenvalue weighted by atomic mass is 10.2. The van der Waals surface area contributed by atoms with E-state index in [-0.39, 0.29) is 17.4 Å². The SMILES string of the molecule is C=CCOc1cccc(Cn2c(=O)[nH]c(=O)c3cc(F)c(F)cc32)c1. The van der Waals surface area contributed by atoms with E-state index in [0.29, 0.717) is 17.9 Å². The molecule has 1 heterocycles. The smallest absolute Gasteiger partial charge is 0.329 e. The zero-order chi connectivity index (χ0) is 18.0. The molecule has 0 radical (unpaired) electrons. The molecule has 0 aliphatic carbocycles. The van der Waals surface area contributed by atoms with Gasteiger partial charge in [0.05, 0.1) is 17.4 Å². The van der Waals surface area contributed by atoms with Crippen LogP contribution in [0.1, 0.15) is 5.56 Å². The van der Waals surface area contributed by atoms with Crippen LogP contribution in [0.2, 0.25) is 0 Å². The molecule has 0 unspecified atom stereocenters. The molecule has 1 N–H and O–H groups in total. The van der Waals surface area contributed by atoms with Crippen LogP contribution in [0, 0.1) is 11.6 Å². The zero-order valence-electron chi connectivity index (χ0n) is 13.1. The fourth-order valence-electron chi connectivity index (χ4n) is 2.51. The summed E-state index contributed by atoms with van der Waals surface area (Å²) in [5.41, 5.74) is -0.758. The van der Waals surface area contributed by atoms with Gasteiger partial charge < -0.3 is 4.74 Å². The minimum Gasteiger partial charge on any atom is -0.490 e. The van der Waals surface area contributed by atoms with Gasteiger partial charge in [0.15, 0.2) is 11.6 Å². The molecule has 0 saturated heterocycles. The molecule has 5 nitrogen and oxygen atoms in total. The Kier molecular flexibility index (Phi) is 4.47. The Bertz CT molecular complexity index is 1070. The molecule has 0 fully saturated rings. The first-order valence-corrected chi connectivity index (χ1v) is 7.44. The largest absolute Gasteiger partial charge is 0.490 e. The van der Waals surface area contributed by atoms with Crippen molar-refractivity contribution in [3.63, 3.8) is 0 Å². The molecule has 1 aromatic heterocycles. The van der Waals surface area contributed by atoms with E-state index < -0.39 is 22.9 Å². The number of fused-ring (bicyclic) bond motifs is 1. The van der Waals surface area contributed by atoms with Gasteiger partial charge in [-0.1, -0.05) is 24.8 Å². The summed E-state index contributed by atoms with van der Waals surface area (Å²) in [4.78, 5) is 26.1. The Balaban J connectivity index is 2.10. The van der Waals surface area contributed by atoms with E-state index in [1.165, 1.54) is 4.57 Å². The number of benzene rings is 2. The summed E-state index contributed by atoms with van der Waals surface area (Å²) < 4.78 is 33.6. The highest BCUT2D eigenvalue weighted by molar-refractivity contribution is 5.78. The van der Waals surface area contributed by atoms with Crippen molar-refractivity contribution >= 4 is 10.9 Å². The molecule has 128 valence electrons. The second-order valence-electron chi connectivity index (χ2n) is 5.38. The molecule has 0 amide bonds. The number of ether oxygens (including phenoxy) is 1. The maximum Gasteiger partial charge on any atom is 0.329 e. The predicted octanol–water partition coefficient (Wildman–Crippen LogP) is 2.58. The van der Waals surface area contributed by atoms with Crippen molar-refractivity contribution in [1.29, 1.82) is 0 Å². The first-order valence-electron chi connectivity index (χ1n) is 7.44. The second kappa shape index (κ2) is 6.72. The Labute approximate surface area is 140 Å². The van der Waals surface area contributed by atoms with Crippen LogP contribution in [0.3, 0.4) is 0 Å². The van der Waals surface area contributed by atoms with E-state index in [1.807, 2.05) is 0 Å². The molecule has 2 aromatic carbocycles. The normalized spacial score (nSPS) is 10.8. The highest BCUT2D eigenvalue weighted by Crippen LogP contribution is 2.17. The van der Waals surface area contributed by atoms with Crippen LogP contribution in [0.4, 0.5) is 8.78 Å². The average molecular weight is 344 g/mol. The van der Waals surface area contributed by atoms with Gasteiger partial charge in [0.1, 0.15) is 12.4 Å². The molecular formula is C18H14F2N2O3. The number of rotatable bonds is 5. The lowest BCUT2D eigenvalue weighted by Crippen LogP contribution is -2.30. The number of hydrogen-bond donors (Lipinski definition) is 1. The molecule has 3 aromatic rings. The summed E-state index contributed by atoms with van der Waals surface area (Å²) in [7, 11) is 0. The Morgan fingerprint density at radius 1 is 1.16 bits per heavy atom. The average Bonchev–Trinajstić information content (AvgIpc) is 2.59. The number of aromatic amines is 1. The first-order chi connectivity index (χ1) is 12.0. The van der Waals surface area contributed by atoms with Gasteiger partial charge in [-0.25, -0.2) is 13.6 Å². The van der Waals surface area contributed by atoms with Gasteiger partial charge >= 0.3 is 5.69 Å². The fourth-order valence-corrected chi connectivity index (χ4v) is 2.51. The first kappa shape index (κ1) is 16.6. The quantitative estimate of drug-likeness (QED) is 0.724. The Morgan fingerprint density at radius 3 is 2.68 bits per heavy atom. The molecule has 25 heavy (non-hydrogen) atoms. The van der Waals surface area contributed by atoms with E-state index >= 15 is 0 Å². The maximum absolute atomic E-state index is 13.6. The maximum atomic E-state index is 13.6. The summed E-state index contributed by atoms with van der Waals surface area (Å²) in [5.74, 6) is -1.70. The predicted molar refractivity (Wildman–Crippen MR) is 90.0 cm³/mol. The summed E-state index contributed by atoms with van der Waals surface area (Å²) >= 11 is 0. The molecular weight excluding hydrogens is 330 g/mol. The second-order valence-corrected chi connectivity index (χ2v) is 5.38. The molecule has 0 atom stereocenters. The minimum atomic E-state index is -1.15. The zero-order valence-corrected chi connectivity index (χ0v) is 13.1. The van der Waals surface area contributed by atoms with Gasteiger partial charge in [-0.15, -0.1) is 0 Å². The van der Waals surface area contributed by atoms with Gasteiger partial charge in [-0.2, -0.15) is 0 Å². The van der Waals surface area contributed by atoms with E-state index in [9.17, 15) is 18.4 Å². The fraction of sp³-hybridized carbons (Fsp3) is 0.111. The minimum absolute atomic E-state index is 0.0186. The number of hydrogen-bond acceptors (Lipinski definition) is 3. The lowest BCUT2D eigenvalue weighted by Gasteiger charge is -2.11. The van der Waals surface area contributed by atoms with Crippen LogP contribution >= 0.6 is 0 Å². The highest BCUT2D eigenvalue weighted by atomic mass is 19.2. The molecule has 0 spiro atoms. The number of halogens is 2. The van der Waals surface area contributed by atoms with Gasteiger partial charge in [0.2, 0.25) is 0 Å². The van der Waals surface area contributed by atoms with Crippen molar-refractivity contribution in [2.24, 2.45) is 0 Å². The van der Waals surface area contributed by atoms with Crippen LogP contribution in [0.25, 0.3) is 10.9 Å². The molecule has 3 rings (SSSR count). The van der Waals surface area contributed by atoms with Crippen molar-refractivity contribution in [2.45, 2.75) is 6.54 Å². The van der Waals surface area contributed by atoms with Crippen LogP contribution < -0.4 is 16.0 Å². The van der Waals surface area contributed by atoms with Gasteiger partial charge in [-0.3, -0.25) is 14.3 Å². The molecule has 0 saturated carbocycles. The van der Waals surface area contributed by atoms with E-state index in [2.05, 4.69) is 11.6 Å². The molecule has 0 aliphatic heterocycles. The van der Waals surface area contributed by atoms with Crippen LogP contribution in [0.15, 0.2) is 58.6 Å². The molecule has 0 bridgehead atoms. The van der Waals surface area contributed by atoms with Crippen LogP contribution in [-0.2, 0) is 6.54 Å². The van der Waals surface area contributed by atoms with Crippen LogP contribution in [-0.4, -0.2) is 16.2 Å². The third kappa shape index (κ3) is 3.35. The van der Waals surface area contributed by atoms with Crippen molar-refractivity contribution in [1.82, 2.24) is 9.55 Å². The summed E-state index contributed by atoms with van der Waals surface area (Å²) in [6.45, 7) is 3.95. The lowest BCUT2D eigenvalue weighted by molar-refractivity contribution is 0.363. The summed E-state index contributed by atoms with van der Waals surface area (Å²) in [6, 6.07) is 8.59. The number of aromatic nitrogens is 2. The molecule has 7 heteroatoms. The summed E-state index contributed by atoms with van der Waals surface area (Å²) in [6.07, 6.45) is 1.60. The van der Waals surface area contributed by atoms with E-state index in [0.717, 1.165) is 12.1 Å². The van der Waals surface area contributed by atoms with Crippen molar-refractivity contribution in [3.8, 4) is 5.75 Å².